The molecule has 1 atom stereocenters. The number of rotatable bonds is 9. The average molecular weight is 405 g/mol. The Morgan fingerprint density at radius 1 is 1.07 bits per heavy atom. The first kappa shape index (κ1) is 22.3. The summed E-state index contributed by atoms with van der Waals surface area (Å²) in [6.07, 6.45) is 0. The normalized spacial score (nSPS) is 11.8. The fraction of sp³-hybridized carbons (Fsp3) is 0.333. The van der Waals surface area contributed by atoms with E-state index in [0.29, 0.717) is 18.0 Å². The Hall–Kier alpha value is -3.00. The molecule has 2 aromatic carbocycles. The average Bonchev–Trinajstić information content (AvgIpc) is 2.67. The number of likely N-dealkylation sites (N-methyl/N-ethyl adjacent to an activating group) is 1. The summed E-state index contributed by atoms with van der Waals surface area (Å²) >= 11 is 0. The predicted molar refractivity (Wildman–Crippen MR) is 107 cm³/mol. The number of methoxy groups -OCH3 is 1. The minimum Gasteiger partial charge on any atom is -0.497 e. The molecule has 0 saturated carbocycles. The van der Waals surface area contributed by atoms with Gasteiger partial charge in [0.25, 0.3) is 0 Å². The van der Waals surface area contributed by atoms with E-state index in [2.05, 4.69) is 10.6 Å². The first-order valence-corrected chi connectivity index (χ1v) is 9.23. The van der Waals surface area contributed by atoms with Gasteiger partial charge in [-0.05, 0) is 43.8 Å². The lowest BCUT2D eigenvalue weighted by Gasteiger charge is -2.21. The fourth-order valence-electron chi connectivity index (χ4n) is 2.78. The fourth-order valence-corrected chi connectivity index (χ4v) is 2.78. The third-order valence-corrected chi connectivity index (χ3v) is 4.36. The maximum Gasteiger partial charge on any atom is 0.238 e. The number of anilines is 1. The van der Waals surface area contributed by atoms with E-state index in [1.165, 1.54) is 6.07 Å². The van der Waals surface area contributed by atoms with Gasteiger partial charge in [0.1, 0.15) is 17.4 Å². The number of carbonyl (C=O) groups excluding carboxylic acids is 2. The number of nitrogens with one attached hydrogen (secondary N) is 2. The molecule has 2 N–H and O–H groups in total. The SMILES string of the molecule is CCN(CC(=O)Nc1ccc(OC)cc1)CC(=O)N[C@H](C)c1ccc(F)cc1F. The quantitative estimate of drug-likeness (QED) is 0.673. The zero-order valence-electron chi connectivity index (χ0n) is 16.7. The van der Waals surface area contributed by atoms with Gasteiger partial charge in [-0.25, -0.2) is 8.78 Å². The Balaban J connectivity index is 1.87. The number of halogens is 2. The standard InChI is InChI=1S/C21H25F2N3O3/c1-4-26(13-21(28)25-16-6-8-17(29-3)9-7-16)12-20(27)24-14(2)18-10-5-15(22)11-19(18)23/h5-11,14H,4,12-13H2,1-3H3,(H,24,27)(H,25,28)/t14-/m1/s1. The molecule has 0 aliphatic rings. The minimum absolute atomic E-state index is 0.0231. The third-order valence-electron chi connectivity index (χ3n) is 4.36. The molecule has 6 nitrogen and oxygen atoms in total. The monoisotopic (exact) mass is 405 g/mol. The van der Waals surface area contributed by atoms with Gasteiger partial charge in [0, 0.05) is 17.3 Å². The lowest BCUT2D eigenvalue weighted by Crippen LogP contribution is -2.41. The van der Waals surface area contributed by atoms with E-state index in [9.17, 15) is 18.4 Å². The number of hydrogen-bond acceptors (Lipinski definition) is 4. The molecule has 0 aliphatic carbocycles. The first-order valence-electron chi connectivity index (χ1n) is 9.23. The molecule has 8 heteroatoms. The van der Waals surface area contributed by atoms with Crippen molar-refractivity contribution in [1.82, 2.24) is 10.2 Å². The van der Waals surface area contributed by atoms with Crippen LogP contribution in [0.25, 0.3) is 0 Å². The molecule has 0 aliphatic heterocycles. The summed E-state index contributed by atoms with van der Waals surface area (Å²) in [6, 6.07) is 9.50. The molecule has 0 radical (unpaired) electrons. The molecule has 2 aromatic rings. The van der Waals surface area contributed by atoms with E-state index < -0.39 is 17.7 Å². The van der Waals surface area contributed by atoms with E-state index in [1.807, 2.05) is 6.92 Å². The van der Waals surface area contributed by atoms with E-state index >= 15 is 0 Å². The molecule has 0 spiro atoms. The predicted octanol–water partition coefficient (Wildman–Crippen LogP) is 3.11. The van der Waals surface area contributed by atoms with Gasteiger partial charge in [-0.15, -0.1) is 0 Å². The second kappa shape index (κ2) is 10.5. The van der Waals surface area contributed by atoms with Gasteiger partial charge in [-0.3, -0.25) is 14.5 Å². The molecule has 0 unspecified atom stereocenters. The van der Waals surface area contributed by atoms with E-state index in [1.54, 1.807) is 43.2 Å². The van der Waals surface area contributed by atoms with Crippen molar-refractivity contribution in [2.24, 2.45) is 0 Å². The van der Waals surface area contributed by atoms with Crippen LogP contribution in [0.5, 0.6) is 5.75 Å². The van der Waals surface area contributed by atoms with Crippen LogP contribution in [0.4, 0.5) is 14.5 Å². The van der Waals surface area contributed by atoms with Crippen LogP contribution in [0, 0.1) is 11.6 Å². The third kappa shape index (κ3) is 6.83. The minimum atomic E-state index is -0.719. The number of amides is 2. The van der Waals surface area contributed by atoms with Crippen molar-refractivity contribution in [3.63, 3.8) is 0 Å². The van der Waals surface area contributed by atoms with Crippen molar-refractivity contribution in [2.45, 2.75) is 19.9 Å². The van der Waals surface area contributed by atoms with Gasteiger partial charge >= 0.3 is 0 Å². The molecule has 0 aromatic heterocycles. The summed E-state index contributed by atoms with van der Waals surface area (Å²) in [5.74, 6) is -1.34. The molecule has 2 rings (SSSR count). The van der Waals surface area contributed by atoms with Crippen molar-refractivity contribution in [3.05, 3.63) is 59.7 Å². The van der Waals surface area contributed by atoms with Crippen molar-refractivity contribution in [3.8, 4) is 5.75 Å². The lowest BCUT2D eigenvalue weighted by molar-refractivity contribution is -0.123. The first-order chi connectivity index (χ1) is 13.8. The molecule has 2 amide bonds. The second-order valence-corrected chi connectivity index (χ2v) is 6.53. The molecule has 0 fully saturated rings. The molecular formula is C21H25F2N3O3. The van der Waals surface area contributed by atoms with Crippen LogP contribution in [-0.2, 0) is 9.59 Å². The molecule has 0 heterocycles. The highest BCUT2D eigenvalue weighted by atomic mass is 19.1. The maximum absolute atomic E-state index is 13.8. The number of ether oxygens (including phenoxy) is 1. The van der Waals surface area contributed by atoms with Crippen LogP contribution in [0.3, 0.4) is 0 Å². The summed E-state index contributed by atoms with van der Waals surface area (Å²) in [5.41, 5.74) is 0.816. The molecular weight excluding hydrogens is 380 g/mol. The van der Waals surface area contributed by atoms with Crippen LogP contribution >= 0.6 is 0 Å². The summed E-state index contributed by atoms with van der Waals surface area (Å²) in [6.45, 7) is 3.91. The van der Waals surface area contributed by atoms with Gasteiger partial charge in [0.15, 0.2) is 0 Å². The Labute approximate surface area is 168 Å². The highest BCUT2D eigenvalue weighted by Gasteiger charge is 2.17. The topological polar surface area (TPSA) is 70.7 Å². The Kier molecular flexibility index (Phi) is 8.09. The summed E-state index contributed by atoms with van der Waals surface area (Å²) < 4.78 is 31.9. The van der Waals surface area contributed by atoms with Crippen LogP contribution in [0.1, 0.15) is 25.5 Å². The zero-order chi connectivity index (χ0) is 21.4. The van der Waals surface area contributed by atoms with Gasteiger partial charge in [0.05, 0.1) is 26.2 Å². The van der Waals surface area contributed by atoms with E-state index in [-0.39, 0.29) is 30.5 Å². The molecule has 0 saturated heterocycles. The molecule has 0 bridgehead atoms. The van der Waals surface area contributed by atoms with Gasteiger partial charge in [-0.2, -0.15) is 0 Å². The Morgan fingerprint density at radius 3 is 2.31 bits per heavy atom. The zero-order valence-corrected chi connectivity index (χ0v) is 16.7. The van der Waals surface area contributed by atoms with E-state index in [0.717, 1.165) is 12.1 Å². The molecule has 29 heavy (non-hydrogen) atoms. The van der Waals surface area contributed by atoms with Crippen molar-refractivity contribution in [1.29, 1.82) is 0 Å². The summed E-state index contributed by atoms with van der Waals surface area (Å²) in [4.78, 5) is 26.2. The highest BCUT2D eigenvalue weighted by Crippen LogP contribution is 2.18. The largest absolute Gasteiger partial charge is 0.497 e. The smallest absolute Gasteiger partial charge is 0.238 e. The van der Waals surface area contributed by atoms with Gasteiger partial charge in [0.2, 0.25) is 11.8 Å². The van der Waals surface area contributed by atoms with Crippen molar-refractivity contribution < 1.29 is 23.1 Å². The Bertz CT molecular complexity index is 844. The van der Waals surface area contributed by atoms with Crippen molar-refractivity contribution >= 4 is 17.5 Å². The summed E-state index contributed by atoms with van der Waals surface area (Å²) in [7, 11) is 1.56. The highest BCUT2D eigenvalue weighted by molar-refractivity contribution is 5.92. The Morgan fingerprint density at radius 2 is 1.72 bits per heavy atom. The summed E-state index contributed by atoms with van der Waals surface area (Å²) in [5, 5.41) is 5.43. The van der Waals surface area contributed by atoms with E-state index in [4.69, 9.17) is 4.74 Å². The van der Waals surface area contributed by atoms with Crippen LogP contribution in [-0.4, -0.2) is 43.5 Å². The second-order valence-electron chi connectivity index (χ2n) is 6.53. The molecule has 156 valence electrons. The lowest BCUT2D eigenvalue weighted by atomic mass is 10.1. The van der Waals surface area contributed by atoms with Crippen LogP contribution in [0.2, 0.25) is 0 Å². The number of carbonyl (C=O) groups is 2. The van der Waals surface area contributed by atoms with Crippen LogP contribution in [0.15, 0.2) is 42.5 Å². The number of hydrogen-bond donors (Lipinski definition) is 2. The van der Waals surface area contributed by atoms with Crippen LogP contribution < -0.4 is 15.4 Å². The van der Waals surface area contributed by atoms with Gasteiger partial charge in [-0.1, -0.05) is 13.0 Å². The maximum atomic E-state index is 13.8. The van der Waals surface area contributed by atoms with Gasteiger partial charge < -0.3 is 15.4 Å². The number of benzene rings is 2. The van der Waals surface area contributed by atoms with Crippen molar-refractivity contribution in [2.75, 3.05) is 32.1 Å². The number of nitrogens with zero attached hydrogens (tertiary/aromatic N) is 1.